The van der Waals surface area contributed by atoms with Crippen molar-refractivity contribution < 1.29 is 18.7 Å². The Bertz CT molecular complexity index is 1370. The molecule has 3 heterocycles. The molecule has 1 aliphatic rings. The van der Waals surface area contributed by atoms with Crippen LogP contribution in [0, 0.1) is 5.82 Å². The van der Waals surface area contributed by atoms with Gasteiger partial charge in [0.05, 0.1) is 18.0 Å². The fourth-order valence-corrected chi connectivity index (χ4v) is 3.98. The van der Waals surface area contributed by atoms with E-state index in [-0.39, 0.29) is 42.1 Å². The second kappa shape index (κ2) is 10.9. The molecule has 3 aromatic rings. The van der Waals surface area contributed by atoms with Crippen molar-refractivity contribution in [3.8, 4) is 5.75 Å². The van der Waals surface area contributed by atoms with E-state index in [1.54, 1.807) is 41.2 Å². The van der Waals surface area contributed by atoms with Crippen LogP contribution in [0.1, 0.15) is 35.8 Å². The molecule has 3 amide bonds. The van der Waals surface area contributed by atoms with Crippen LogP contribution in [0.15, 0.2) is 41.3 Å². The van der Waals surface area contributed by atoms with Gasteiger partial charge in [0.25, 0.3) is 5.91 Å². The summed E-state index contributed by atoms with van der Waals surface area (Å²) in [4.78, 5) is 49.4. The van der Waals surface area contributed by atoms with Crippen molar-refractivity contribution >= 4 is 29.0 Å². The summed E-state index contributed by atoms with van der Waals surface area (Å²) in [5.74, 6) is -1.14. The largest absolute Gasteiger partial charge is 0.486 e. The van der Waals surface area contributed by atoms with Gasteiger partial charge < -0.3 is 19.9 Å². The predicted molar refractivity (Wildman–Crippen MR) is 139 cm³/mol. The standard InChI is InChI=1S/C26H31FN6O4/c1-5-6-13-37-22-21(24(34)28-15-17-7-9-18(27)10-8-17)29-23-20(32-12-11-31(4)26(32)36)14-19(30(2)3)16-33(23)25(22)35/h7-10,14,16H,5-6,11-13,15H2,1-4H3,(H,28,34). The lowest BCUT2D eigenvalue weighted by molar-refractivity contribution is 0.0941. The maximum atomic E-state index is 13.7. The summed E-state index contributed by atoms with van der Waals surface area (Å²) in [6, 6.07) is 7.29. The van der Waals surface area contributed by atoms with Crippen LogP contribution >= 0.6 is 0 Å². The van der Waals surface area contributed by atoms with Gasteiger partial charge in [0.1, 0.15) is 5.82 Å². The first-order valence-electron chi connectivity index (χ1n) is 12.2. The zero-order valence-electron chi connectivity index (χ0n) is 21.5. The molecule has 0 saturated carbocycles. The first-order valence-corrected chi connectivity index (χ1v) is 12.2. The Hall–Kier alpha value is -4.15. The average Bonchev–Trinajstić information content (AvgIpc) is 3.21. The quantitative estimate of drug-likeness (QED) is 0.445. The molecule has 4 rings (SSSR count). The van der Waals surface area contributed by atoms with E-state index in [1.807, 2.05) is 25.9 Å². The first-order chi connectivity index (χ1) is 17.7. The van der Waals surface area contributed by atoms with E-state index in [0.717, 1.165) is 6.42 Å². The molecule has 37 heavy (non-hydrogen) atoms. The van der Waals surface area contributed by atoms with Gasteiger partial charge in [-0.1, -0.05) is 25.5 Å². The van der Waals surface area contributed by atoms with Crippen molar-refractivity contribution in [1.82, 2.24) is 19.6 Å². The van der Waals surface area contributed by atoms with Crippen molar-refractivity contribution in [3.05, 3.63) is 64.0 Å². The van der Waals surface area contributed by atoms with E-state index in [1.165, 1.54) is 16.5 Å². The van der Waals surface area contributed by atoms with E-state index in [0.29, 0.717) is 36.4 Å². The summed E-state index contributed by atoms with van der Waals surface area (Å²) in [7, 11) is 5.36. The summed E-state index contributed by atoms with van der Waals surface area (Å²) >= 11 is 0. The number of hydrogen-bond donors (Lipinski definition) is 1. The maximum Gasteiger partial charge on any atom is 0.324 e. The van der Waals surface area contributed by atoms with Crippen molar-refractivity contribution in [2.24, 2.45) is 0 Å². The van der Waals surface area contributed by atoms with Crippen LogP contribution in [0.2, 0.25) is 0 Å². The minimum atomic E-state index is -0.608. The molecule has 2 aromatic heterocycles. The number of benzene rings is 1. The lowest BCUT2D eigenvalue weighted by Gasteiger charge is -2.22. The number of nitrogens with zero attached hydrogens (tertiary/aromatic N) is 5. The van der Waals surface area contributed by atoms with Crippen LogP contribution in [0.25, 0.3) is 5.65 Å². The van der Waals surface area contributed by atoms with Gasteiger partial charge in [-0.25, -0.2) is 14.2 Å². The van der Waals surface area contributed by atoms with Crippen molar-refractivity contribution in [2.75, 3.05) is 50.6 Å². The number of unbranched alkanes of at least 4 members (excludes halogenated alkanes) is 1. The molecular weight excluding hydrogens is 479 g/mol. The fraction of sp³-hybridized carbons (Fsp3) is 0.385. The highest BCUT2D eigenvalue weighted by Crippen LogP contribution is 2.29. The van der Waals surface area contributed by atoms with Gasteiger partial charge in [-0.15, -0.1) is 0 Å². The third-order valence-electron chi connectivity index (χ3n) is 6.20. The van der Waals surface area contributed by atoms with E-state index >= 15 is 0 Å². The Kier molecular flexibility index (Phi) is 7.61. The number of hydrogen-bond acceptors (Lipinski definition) is 6. The number of nitrogens with one attached hydrogen (secondary N) is 1. The van der Waals surface area contributed by atoms with Crippen LogP contribution in [0.3, 0.4) is 0 Å². The number of carbonyl (C=O) groups is 2. The molecule has 10 nitrogen and oxygen atoms in total. The summed E-state index contributed by atoms with van der Waals surface area (Å²) in [6.45, 7) is 3.28. The van der Waals surface area contributed by atoms with Gasteiger partial charge in [0.15, 0.2) is 11.3 Å². The summed E-state index contributed by atoms with van der Waals surface area (Å²) in [5, 5.41) is 2.74. The second-order valence-electron chi connectivity index (χ2n) is 9.13. The molecular formula is C26H31FN6O4. The number of aromatic nitrogens is 2. The number of rotatable bonds is 9. The summed E-state index contributed by atoms with van der Waals surface area (Å²) in [6.07, 6.45) is 3.15. The molecule has 1 aliphatic heterocycles. The molecule has 1 fully saturated rings. The number of carbonyl (C=O) groups excluding carboxylic acids is 2. The zero-order valence-corrected chi connectivity index (χ0v) is 21.5. The van der Waals surface area contributed by atoms with Crippen LogP contribution in [0.4, 0.5) is 20.6 Å². The van der Waals surface area contributed by atoms with Crippen LogP contribution < -0.4 is 25.4 Å². The summed E-state index contributed by atoms with van der Waals surface area (Å²) in [5.41, 5.74) is 1.25. The molecule has 0 radical (unpaired) electrons. The number of anilines is 2. The maximum absolute atomic E-state index is 13.7. The molecule has 11 heteroatoms. The van der Waals surface area contributed by atoms with Crippen molar-refractivity contribution in [2.45, 2.75) is 26.3 Å². The third kappa shape index (κ3) is 5.35. The molecule has 0 unspecified atom stereocenters. The van der Waals surface area contributed by atoms with Gasteiger partial charge >= 0.3 is 11.6 Å². The van der Waals surface area contributed by atoms with Crippen LogP contribution in [0.5, 0.6) is 5.75 Å². The Labute approximate surface area is 214 Å². The molecule has 0 aliphatic carbocycles. The number of amides is 3. The monoisotopic (exact) mass is 510 g/mol. The molecule has 1 saturated heterocycles. The number of ether oxygens (including phenoxy) is 1. The molecule has 0 bridgehead atoms. The molecule has 0 spiro atoms. The molecule has 196 valence electrons. The Morgan fingerprint density at radius 2 is 1.92 bits per heavy atom. The molecule has 1 aromatic carbocycles. The minimum absolute atomic E-state index is 0.108. The number of fused-ring (bicyclic) bond motifs is 1. The third-order valence-corrected chi connectivity index (χ3v) is 6.20. The van der Waals surface area contributed by atoms with E-state index < -0.39 is 11.5 Å². The highest BCUT2D eigenvalue weighted by Gasteiger charge is 2.31. The Morgan fingerprint density at radius 1 is 1.19 bits per heavy atom. The SMILES string of the molecule is CCCCOc1c(C(=O)NCc2ccc(F)cc2)nc2c(N3CCN(C)C3=O)cc(N(C)C)cn2c1=O. The number of likely N-dealkylation sites (N-methyl/N-ethyl adjacent to an activating group) is 1. The Balaban J connectivity index is 1.84. The normalized spacial score (nSPS) is 13.4. The van der Waals surface area contributed by atoms with Gasteiger partial charge in [-0.3, -0.25) is 18.9 Å². The minimum Gasteiger partial charge on any atom is -0.486 e. The van der Waals surface area contributed by atoms with Crippen molar-refractivity contribution in [1.29, 1.82) is 0 Å². The van der Waals surface area contributed by atoms with E-state index in [9.17, 15) is 18.8 Å². The predicted octanol–water partition coefficient (Wildman–Crippen LogP) is 2.88. The van der Waals surface area contributed by atoms with Crippen LogP contribution in [-0.2, 0) is 6.54 Å². The molecule has 1 N–H and O–H groups in total. The average molecular weight is 511 g/mol. The van der Waals surface area contributed by atoms with Gasteiger partial charge in [-0.2, -0.15) is 0 Å². The molecule has 0 atom stereocenters. The van der Waals surface area contributed by atoms with Crippen molar-refractivity contribution in [3.63, 3.8) is 0 Å². The highest BCUT2D eigenvalue weighted by molar-refractivity contribution is 6.00. The highest BCUT2D eigenvalue weighted by atomic mass is 19.1. The van der Waals surface area contributed by atoms with E-state index in [4.69, 9.17) is 4.74 Å². The fourth-order valence-electron chi connectivity index (χ4n) is 3.98. The first kappa shape index (κ1) is 25.9. The number of pyridine rings is 1. The van der Waals surface area contributed by atoms with Crippen LogP contribution in [-0.4, -0.2) is 67.1 Å². The van der Waals surface area contributed by atoms with E-state index in [2.05, 4.69) is 10.3 Å². The van der Waals surface area contributed by atoms with Gasteiger partial charge in [0, 0.05) is 47.0 Å². The lowest BCUT2D eigenvalue weighted by Crippen LogP contribution is -2.33. The second-order valence-corrected chi connectivity index (χ2v) is 9.13. The Morgan fingerprint density at radius 3 is 2.54 bits per heavy atom. The lowest BCUT2D eigenvalue weighted by atomic mass is 10.2. The topological polar surface area (TPSA) is 99.5 Å². The smallest absolute Gasteiger partial charge is 0.324 e. The number of urea groups is 1. The van der Waals surface area contributed by atoms with Gasteiger partial charge in [0.2, 0.25) is 5.75 Å². The zero-order chi connectivity index (χ0) is 26.7. The van der Waals surface area contributed by atoms with Gasteiger partial charge in [-0.05, 0) is 30.2 Å². The summed E-state index contributed by atoms with van der Waals surface area (Å²) < 4.78 is 20.4. The number of halogens is 1.